The monoisotopic (exact) mass is 221 g/mol. The molecule has 1 aromatic carbocycles. The van der Waals surface area contributed by atoms with Gasteiger partial charge in [-0.05, 0) is 24.3 Å². The number of methoxy groups -OCH3 is 1. The summed E-state index contributed by atoms with van der Waals surface area (Å²) >= 11 is 0. The van der Waals surface area contributed by atoms with Crippen molar-refractivity contribution in [3.8, 4) is 0 Å². The van der Waals surface area contributed by atoms with Gasteiger partial charge in [0.2, 0.25) is 0 Å². The number of carbonyl (C=O) groups is 1. The van der Waals surface area contributed by atoms with Crippen molar-refractivity contribution in [2.24, 2.45) is 5.73 Å². The van der Waals surface area contributed by atoms with E-state index in [0.29, 0.717) is 12.3 Å². The van der Waals surface area contributed by atoms with Crippen LogP contribution >= 0.6 is 0 Å². The third-order valence-corrected chi connectivity index (χ3v) is 2.81. The first-order valence-electron chi connectivity index (χ1n) is 5.57. The predicted molar refractivity (Wildman–Crippen MR) is 64.1 cm³/mol. The third-order valence-electron chi connectivity index (χ3n) is 2.81. The Labute approximate surface area is 96.6 Å². The maximum atomic E-state index is 11.2. The second-order valence-corrected chi connectivity index (χ2v) is 3.88. The molecule has 0 saturated carbocycles. The van der Waals surface area contributed by atoms with Gasteiger partial charge in [0.15, 0.2) is 0 Å². The molecule has 2 N–H and O–H groups in total. The first-order chi connectivity index (χ1) is 7.69. The van der Waals surface area contributed by atoms with Crippen molar-refractivity contribution in [1.29, 1.82) is 0 Å². The quantitative estimate of drug-likeness (QED) is 0.774. The number of hydrogen-bond donors (Lipinski definition) is 1. The maximum absolute atomic E-state index is 11.2. The zero-order chi connectivity index (χ0) is 12.0. The van der Waals surface area contributed by atoms with Gasteiger partial charge in [-0.1, -0.05) is 37.3 Å². The molecule has 0 aliphatic rings. The third kappa shape index (κ3) is 3.35. The van der Waals surface area contributed by atoms with Crippen LogP contribution in [0.1, 0.15) is 31.2 Å². The molecule has 0 fully saturated rings. The van der Waals surface area contributed by atoms with E-state index in [4.69, 9.17) is 5.73 Å². The summed E-state index contributed by atoms with van der Waals surface area (Å²) < 4.78 is 4.63. The highest BCUT2D eigenvalue weighted by atomic mass is 16.5. The minimum absolute atomic E-state index is 0.315. The fraction of sp³-hybridized carbons (Fsp3) is 0.462. The number of carbonyl (C=O) groups excluding carboxylic acids is 1. The minimum Gasteiger partial charge on any atom is -0.468 e. The Balaban J connectivity index is 2.66. The second-order valence-electron chi connectivity index (χ2n) is 3.88. The van der Waals surface area contributed by atoms with Gasteiger partial charge < -0.3 is 10.5 Å². The highest BCUT2D eigenvalue weighted by Gasteiger charge is 2.19. The smallest absolute Gasteiger partial charge is 0.322 e. The number of nitrogens with two attached hydrogens (primary N) is 1. The Bertz CT molecular complexity index is 324. The molecule has 0 radical (unpaired) electrons. The molecule has 3 heteroatoms. The van der Waals surface area contributed by atoms with E-state index < -0.39 is 6.04 Å². The van der Waals surface area contributed by atoms with Gasteiger partial charge in [-0.15, -0.1) is 0 Å². The fourth-order valence-corrected chi connectivity index (χ4v) is 1.82. The summed E-state index contributed by atoms with van der Waals surface area (Å²) in [5, 5.41) is 0. The summed E-state index contributed by atoms with van der Waals surface area (Å²) in [6.45, 7) is 2.10. The summed E-state index contributed by atoms with van der Waals surface area (Å²) in [5.74, 6) is -0.0234. The topological polar surface area (TPSA) is 52.3 Å². The molecular formula is C13H19NO2. The molecule has 0 saturated heterocycles. The Kier molecular flexibility index (Phi) is 4.99. The van der Waals surface area contributed by atoms with Crippen LogP contribution in [0.2, 0.25) is 0 Å². The van der Waals surface area contributed by atoms with E-state index in [9.17, 15) is 4.79 Å². The van der Waals surface area contributed by atoms with Gasteiger partial charge in [0.1, 0.15) is 6.04 Å². The van der Waals surface area contributed by atoms with E-state index in [0.717, 1.165) is 6.42 Å². The lowest BCUT2D eigenvalue weighted by molar-refractivity contribution is -0.142. The molecule has 16 heavy (non-hydrogen) atoms. The van der Waals surface area contributed by atoms with Crippen LogP contribution in [-0.4, -0.2) is 19.1 Å². The first-order valence-corrected chi connectivity index (χ1v) is 5.57. The maximum Gasteiger partial charge on any atom is 0.322 e. The van der Waals surface area contributed by atoms with Gasteiger partial charge in [0.05, 0.1) is 7.11 Å². The number of rotatable bonds is 5. The molecule has 0 heterocycles. The minimum atomic E-state index is -0.532. The van der Waals surface area contributed by atoms with E-state index in [-0.39, 0.29) is 5.97 Å². The Morgan fingerprint density at radius 3 is 2.50 bits per heavy atom. The Hall–Kier alpha value is -1.35. The SMILES string of the molecule is CCC(CC(N)C(=O)OC)c1ccccc1. The molecule has 2 atom stereocenters. The largest absolute Gasteiger partial charge is 0.468 e. The van der Waals surface area contributed by atoms with Gasteiger partial charge in [-0.2, -0.15) is 0 Å². The number of esters is 1. The molecule has 1 rings (SSSR count). The van der Waals surface area contributed by atoms with Gasteiger partial charge in [-0.25, -0.2) is 0 Å². The molecule has 3 nitrogen and oxygen atoms in total. The molecule has 0 spiro atoms. The molecule has 0 aliphatic heterocycles. The van der Waals surface area contributed by atoms with E-state index >= 15 is 0 Å². The zero-order valence-corrected chi connectivity index (χ0v) is 9.85. The molecule has 88 valence electrons. The van der Waals surface area contributed by atoms with E-state index in [1.807, 2.05) is 18.2 Å². The van der Waals surface area contributed by atoms with Crippen LogP contribution in [-0.2, 0) is 9.53 Å². The molecule has 0 amide bonds. The van der Waals surface area contributed by atoms with E-state index in [1.165, 1.54) is 12.7 Å². The van der Waals surface area contributed by atoms with Gasteiger partial charge in [-0.3, -0.25) is 4.79 Å². The lowest BCUT2D eigenvalue weighted by Crippen LogP contribution is -2.33. The van der Waals surface area contributed by atoms with Crippen molar-refractivity contribution >= 4 is 5.97 Å². The zero-order valence-electron chi connectivity index (χ0n) is 9.85. The van der Waals surface area contributed by atoms with Crippen LogP contribution in [0.25, 0.3) is 0 Å². The summed E-state index contributed by atoms with van der Waals surface area (Å²) in [6, 6.07) is 9.59. The fourth-order valence-electron chi connectivity index (χ4n) is 1.82. The number of benzene rings is 1. The van der Waals surface area contributed by atoms with Gasteiger partial charge in [0.25, 0.3) is 0 Å². The highest BCUT2D eigenvalue weighted by Crippen LogP contribution is 2.24. The standard InChI is InChI=1S/C13H19NO2/c1-3-10(9-12(14)13(15)16-2)11-7-5-4-6-8-11/h4-8,10,12H,3,9,14H2,1-2H3. The van der Waals surface area contributed by atoms with Crippen molar-refractivity contribution in [2.45, 2.75) is 31.7 Å². The molecule has 2 unspecified atom stereocenters. The van der Waals surface area contributed by atoms with Crippen LogP contribution < -0.4 is 5.73 Å². The second kappa shape index (κ2) is 6.28. The molecule has 0 bridgehead atoms. The van der Waals surface area contributed by atoms with Crippen LogP contribution in [0, 0.1) is 0 Å². The van der Waals surface area contributed by atoms with Crippen molar-refractivity contribution < 1.29 is 9.53 Å². The van der Waals surface area contributed by atoms with Crippen LogP contribution in [0.5, 0.6) is 0 Å². The van der Waals surface area contributed by atoms with Crippen molar-refractivity contribution in [3.05, 3.63) is 35.9 Å². The summed E-state index contributed by atoms with van der Waals surface area (Å²) in [5.41, 5.74) is 6.99. The average Bonchev–Trinajstić information content (AvgIpc) is 2.35. The van der Waals surface area contributed by atoms with E-state index in [1.54, 1.807) is 0 Å². The number of ether oxygens (including phenoxy) is 1. The van der Waals surface area contributed by atoms with Crippen molar-refractivity contribution in [3.63, 3.8) is 0 Å². The van der Waals surface area contributed by atoms with E-state index in [2.05, 4.69) is 23.8 Å². The number of hydrogen-bond acceptors (Lipinski definition) is 3. The molecule has 0 aliphatic carbocycles. The van der Waals surface area contributed by atoms with Crippen LogP contribution in [0.4, 0.5) is 0 Å². The summed E-state index contributed by atoms with van der Waals surface area (Å²) in [4.78, 5) is 11.2. The molecule has 1 aromatic rings. The van der Waals surface area contributed by atoms with Crippen molar-refractivity contribution in [1.82, 2.24) is 0 Å². The van der Waals surface area contributed by atoms with Gasteiger partial charge >= 0.3 is 5.97 Å². The normalized spacial score (nSPS) is 14.2. The Morgan fingerprint density at radius 2 is 2.00 bits per heavy atom. The summed E-state index contributed by atoms with van der Waals surface area (Å²) in [6.07, 6.45) is 1.60. The average molecular weight is 221 g/mol. The van der Waals surface area contributed by atoms with Crippen LogP contribution in [0.15, 0.2) is 30.3 Å². The molecule has 0 aromatic heterocycles. The predicted octanol–water partition coefficient (Wildman–Crippen LogP) is 2.07. The first kappa shape index (κ1) is 12.7. The van der Waals surface area contributed by atoms with Crippen molar-refractivity contribution in [2.75, 3.05) is 7.11 Å². The Morgan fingerprint density at radius 1 is 1.38 bits per heavy atom. The van der Waals surface area contributed by atoms with Crippen LogP contribution in [0.3, 0.4) is 0 Å². The summed E-state index contributed by atoms with van der Waals surface area (Å²) in [7, 11) is 1.37. The molecular weight excluding hydrogens is 202 g/mol. The lowest BCUT2D eigenvalue weighted by Gasteiger charge is -2.18. The highest BCUT2D eigenvalue weighted by molar-refractivity contribution is 5.75. The van der Waals surface area contributed by atoms with Gasteiger partial charge in [0, 0.05) is 0 Å². The lowest BCUT2D eigenvalue weighted by atomic mass is 9.90.